The standard InChI is InChI=1S/C13H13NO3/c1-8(15)5-10-7-14-12-4-3-9(6-11(10)12)13(16)17-2/h3-4,6-7,14H,5H2,1-2H3. The van der Waals surface area contributed by atoms with E-state index in [-0.39, 0.29) is 11.8 Å². The summed E-state index contributed by atoms with van der Waals surface area (Å²) in [5, 5.41) is 0.892. The summed E-state index contributed by atoms with van der Waals surface area (Å²) in [6, 6.07) is 5.25. The Hall–Kier alpha value is -2.10. The van der Waals surface area contributed by atoms with Gasteiger partial charge < -0.3 is 9.72 Å². The number of ketones is 1. The summed E-state index contributed by atoms with van der Waals surface area (Å²) in [7, 11) is 1.35. The number of aromatic amines is 1. The zero-order chi connectivity index (χ0) is 12.4. The van der Waals surface area contributed by atoms with Crippen molar-refractivity contribution < 1.29 is 14.3 Å². The molecule has 0 atom stereocenters. The Balaban J connectivity index is 2.50. The number of Topliss-reactive ketones (excluding diaryl/α,β-unsaturated/α-hetero) is 1. The number of esters is 1. The first-order chi connectivity index (χ1) is 8.11. The molecule has 0 amide bonds. The summed E-state index contributed by atoms with van der Waals surface area (Å²) in [5.41, 5.74) is 2.30. The van der Waals surface area contributed by atoms with Crippen LogP contribution in [0.2, 0.25) is 0 Å². The minimum Gasteiger partial charge on any atom is -0.465 e. The molecule has 4 heteroatoms. The van der Waals surface area contributed by atoms with Crippen LogP contribution in [0, 0.1) is 0 Å². The van der Waals surface area contributed by atoms with E-state index < -0.39 is 0 Å². The molecule has 2 aromatic rings. The topological polar surface area (TPSA) is 59.2 Å². The maximum absolute atomic E-state index is 11.4. The molecule has 0 spiro atoms. The third-order valence-corrected chi connectivity index (χ3v) is 2.63. The summed E-state index contributed by atoms with van der Waals surface area (Å²) >= 11 is 0. The van der Waals surface area contributed by atoms with E-state index in [2.05, 4.69) is 9.72 Å². The summed E-state index contributed by atoms with van der Waals surface area (Å²) in [6.45, 7) is 1.54. The van der Waals surface area contributed by atoms with Crippen LogP contribution in [0.5, 0.6) is 0 Å². The van der Waals surface area contributed by atoms with Crippen LogP contribution in [-0.2, 0) is 16.0 Å². The van der Waals surface area contributed by atoms with Crippen molar-refractivity contribution >= 4 is 22.7 Å². The first kappa shape index (κ1) is 11.4. The lowest BCUT2D eigenvalue weighted by molar-refractivity contribution is -0.116. The molecule has 88 valence electrons. The minimum absolute atomic E-state index is 0.0920. The predicted molar refractivity (Wildman–Crippen MR) is 64.0 cm³/mol. The van der Waals surface area contributed by atoms with E-state index in [0.29, 0.717) is 12.0 Å². The molecule has 1 N–H and O–H groups in total. The number of rotatable bonds is 3. The van der Waals surface area contributed by atoms with Crippen molar-refractivity contribution in [1.29, 1.82) is 0 Å². The van der Waals surface area contributed by atoms with Crippen molar-refractivity contribution in [1.82, 2.24) is 4.98 Å². The van der Waals surface area contributed by atoms with Crippen LogP contribution in [-0.4, -0.2) is 23.8 Å². The zero-order valence-electron chi connectivity index (χ0n) is 9.74. The number of methoxy groups -OCH3 is 1. The molecular weight excluding hydrogens is 218 g/mol. The lowest BCUT2D eigenvalue weighted by Gasteiger charge is -2.00. The van der Waals surface area contributed by atoms with Gasteiger partial charge in [0.1, 0.15) is 5.78 Å². The highest BCUT2D eigenvalue weighted by Crippen LogP contribution is 2.21. The molecule has 0 fully saturated rings. The number of H-pyrrole nitrogens is 1. The number of nitrogens with one attached hydrogen (secondary N) is 1. The van der Waals surface area contributed by atoms with Crippen molar-refractivity contribution in [2.45, 2.75) is 13.3 Å². The molecule has 1 heterocycles. The van der Waals surface area contributed by atoms with Crippen LogP contribution < -0.4 is 0 Å². The number of aromatic nitrogens is 1. The van der Waals surface area contributed by atoms with Gasteiger partial charge in [0.2, 0.25) is 0 Å². The average Bonchev–Trinajstić information content (AvgIpc) is 2.70. The van der Waals surface area contributed by atoms with Crippen molar-refractivity contribution in [2.24, 2.45) is 0 Å². The SMILES string of the molecule is COC(=O)c1ccc2[nH]cc(CC(C)=O)c2c1. The highest BCUT2D eigenvalue weighted by Gasteiger charge is 2.10. The second-order valence-corrected chi connectivity index (χ2v) is 3.94. The average molecular weight is 231 g/mol. The van der Waals surface area contributed by atoms with Crippen LogP contribution in [0.1, 0.15) is 22.8 Å². The van der Waals surface area contributed by atoms with E-state index in [1.54, 1.807) is 25.3 Å². The monoisotopic (exact) mass is 231 g/mol. The molecule has 1 aromatic heterocycles. The Bertz CT molecular complexity index is 583. The van der Waals surface area contributed by atoms with Crippen molar-refractivity contribution in [3.63, 3.8) is 0 Å². The van der Waals surface area contributed by atoms with Gasteiger partial charge >= 0.3 is 5.97 Å². The molecule has 2 rings (SSSR count). The summed E-state index contributed by atoms with van der Waals surface area (Å²) in [6.07, 6.45) is 2.16. The quantitative estimate of drug-likeness (QED) is 0.823. The van der Waals surface area contributed by atoms with Gasteiger partial charge in [0.05, 0.1) is 12.7 Å². The lowest BCUT2D eigenvalue weighted by atomic mass is 10.1. The molecule has 0 saturated heterocycles. The predicted octanol–water partition coefficient (Wildman–Crippen LogP) is 2.09. The maximum atomic E-state index is 11.4. The minimum atomic E-state index is -0.373. The van der Waals surface area contributed by atoms with Gasteiger partial charge in [0, 0.05) is 23.5 Å². The molecule has 17 heavy (non-hydrogen) atoms. The Kier molecular flexibility index (Phi) is 2.95. The van der Waals surface area contributed by atoms with Gasteiger partial charge in [-0.05, 0) is 30.7 Å². The third kappa shape index (κ3) is 2.20. The molecule has 0 saturated carbocycles. The lowest BCUT2D eigenvalue weighted by Crippen LogP contribution is -2.01. The van der Waals surface area contributed by atoms with E-state index in [1.807, 2.05) is 6.07 Å². The fourth-order valence-electron chi connectivity index (χ4n) is 1.84. The van der Waals surface area contributed by atoms with E-state index in [1.165, 1.54) is 7.11 Å². The molecule has 0 radical (unpaired) electrons. The van der Waals surface area contributed by atoms with Gasteiger partial charge in [0.25, 0.3) is 0 Å². The Morgan fingerprint density at radius 1 is 1.35 bits per heavy atom. The number of hydrogen-bond acceptors (Lipinski definition) is 3. The summed E-state index contributed by atoms with van der Waals surface area (Å²) < 4.78 is 4.67. The number of benzene rings is 1. The van der Waals surface area contributed by atoms with E-state index in [4.69, 9.17) is 0 Å². The van der Waals surface area contributed by atoms with Crippen LogP contribution in [0.25, 0.3) is 10.9 Å². The number of carbonyl (C=O) groups excluding carboxylic acids is 2. The maximum Gasteiger partial charge on any atom is 0.337 e. The van der Waals surface area contributed by atoms with Gasteiger partial charge in [0.15, 0.2) is 0 Å². The second-order valence-electron chi connectivity index (χ2n) is 3.94. The van der Waals surface area contributed by atoms with Crippen LogP contribution in [0.3, 0.4) is 0 Å². The van der Waals surface area contributed by atoms with Gasteiger partial charge in [-0.2, -0.15) is 0 Å². The first-order valence-electron chi connectivity index (χ1n) is 5.29. The van der Waals surface area contributed by atoms with Crippen LogP contribution >= 0.6 is 0 Å². The molecular formula is C13H13NO3. The first-order valence-corrected chi connectivity index (χ1v) is 5.29. The fourth-order valence-corrected chi connectivity index (χ4v) is 1.84. The largest absolute Gasteiger partial charge is 0.465 e. The second kappa shape index (κ2) is 4.41. The normalized spacial score (nSPS) is 10.5. The molecule has 0 aliphatic rings. The molecule has 0 aliphatic heterocycles. The van der Waals surface area contributed by atoms with E-state index in [9.17, 15) is 9.59 Å². The highest BCUT2D eigenvalue weighted by molar-refractivity contribution is 5.96. The third-order valence-electron chi connectivity index (χ3n) is 2.63. The van der Waals surface area contributed by atoms with Gasteiger partial charge in [-0.25, -0.2) is 4.79 Å². The van der Waals surface area contributed by atoms with Crippen molar-refractivity contribution in [3.8, 4) is 0 Å². The van der Waals surface area contributed by atoms with Gasteiger partial charge in [-0.1, -0.05) is 0 Å². The Morgan fingerprint density at radius 3 is 2.76 bits per heavy atom. The smallest absolute Gasteiger partial charge is 0.337 e. The van der Waals surface area contributed by atoms with E-state index in [0.717, 1.165) is 16.5 Å². The van der Waals surface area contributed by atoms with E-state index >= 15 is 0 Å². The zero-order valence-corrected chi connectivity index (χ0v) is 9.74. The highest BCUT2D eigenvalue weighted by atomic mass is 16.5. The summed E-state index contributed by atoms with van der Waals surface area (Å²) in [5.74, 6) is -0.281. The molecule has 0 unspecified atom stereocenters. The molecule has 0 bridgehead atoms. The summed E-state index contributed by atoms with van der Waals surface area (Å²) in [4.78, 5) is 25.6. The molecule has 0 aliphatic carbocycles. The van der Waals surface area contributed by atoms with Crippen molar-refractivity contribution in [2.75, 3.05) is 7.11 Å². The van der Waals surface area contributed by atoms with Gasteiger partial charge in [-0.3, -0.25) is 4.79 Å². The van der Waals surface area contributed by atoms with Crippen molar-refractivity contribution in [3.05, 3.63) is 35.5 Å². The number of carbonyl (C=O) groups is 2. The molecule has 4 nitrogen and oxygen atoms in total. The van der Waals surface area contributed by atoms with Crippen LogP contribution in [0.4, 0.5) is 0 Å². The Morgan fingerprint density at radius 2 is 2.12 bits per heavy atom. The Labute approximate surface area is 98.6 Å². The number of fused-ring (bicyclic) bond motifs is 1. The fraction of sp³-hybridized carbons (Fsp3) is 0.231. The van der Waals surface area contributed by atoms with Crippen LogP contribution in [0.15, 0.2) is 24.4 Å². The molecule has 1 aromatic carbocycles. The number of ether oxygens (including phenoxy) is 1. The van der Waals surface area contributed by atoms with Gasteiger partial charge in [-0.15, -0.1) is 0 Å². The number of hydrogen-bond donors (Lipinski definition) is 1.